The Kier molecular flexibility index (Phi) is 5.07. The molecule has 0 fully saturated rings. The Hall–Kier alpha value is -1.32. The predicted octanol–water partition coefficient (Wildman–Crippen LogP) is 4.91. The summed E-state index contributed by atoms with van der Waals surface area (Å²) in [5.74, 6) is 0.902. The molecule has 2 nitrogen and oxygen atoms in total. The number of nitrogens with one attached hydrogen (secondary N) is 1. The largest absolute Gasteiger partial charge is 0.497 e. The van der Waals surface area contributed by atoms with Gasteiger partial charge in [0.2, 0.25) is 0 Å². The minimum absolute atomic E-state index is 0.241. The summed E-state index contributed by atoms with van der Waals surface area (Å²) in [7, 11) is 1.69. The van der Waals surface area contributed by atoms with Gasteiger partial charge in [0.1, 0.15) is 5.75 Å². The lowest BCUT2D eigenvalue weighted by molar-refractivity contribution is 0.414. The fourth-order valence-corrected chi connectivity index (χ4v) is 3.16. The molecule has 1 N–H and O–H groups in total. The Labute approximate surface area is 132 Å². The van der Waals surface area contributed by atoms with E-state index in [1.807, 2.05) is 23.5 Å². The highest BCUT2D eigenvalue weighted by atomic mass is 32.1. The molecule has 1 heterocycles. The summed E-state index contributed by atoms with van der Waals surface area (Å²) in [6.07, 6.45) is 0. The van der Waals surface area contributed by atoms with Gasteiger partial charge < -0.3 is 10.1 Å². The van der Waals surface area contributed by atoms with Crippen LogP contribution in [-0.4, -0.2) is 7.11 Å². The van der Waals surface area contributed by atoms with E-state index in [2.05, 4.69) is 57.3 Å². The molecular weight excluding hydrogens is 278 g/mol. The Balaban J connectivity index is 1.94. The van der Waals surface area contributed by atoms with Crippen LogP contribution >= 0.6 is 11.3 Å². The van der Waals surface area contributed by atoms with Crippen molar-refractivity contribution in [2.24, 2.45) is 0 Å². The van der Waals surface area contributed by atoms with Crippen molar-refractivity contribution in [3.8, 4) is 5.75 Å². The standard InChI is InChI=1S/C18H25NOS/c1-13(14-6-8-15(20-5)9-7-14)19-12-16-10-11-17(21-16)18(2,3)4/h6-11,13,19H,12H2,1-5H3/t13-/m1/s1. The number of rotatable bonds is 5. The van der Waals surface area contributed by atoms with E-state index in [4.69, 9.17) is 4.74 Å². The molecule has 0 amide bonds. The summed E-state index contributed by atoms with van der Waals surface area (Å²) >= 11 is 1.90. The lowest BCUT2D eigenvalue weighted by Gasteiger charge is -2.16. The summed E-state index contributed by atoms with van der Waals surface area (Å²) in [6, 6.07) is 13.1. The molecule has 1 aromatic heterocycles. The fourth-order valence-electron chi connectivity index (χ4n) is 2.14. The minimum Gasteiger partial charge on any atom is -0.497 e. The second-order valence-corrected chi connectivity index (χ2v) is 7.56. The van der Waals surface area contributed by atoms with E-state index in [0.717, 1.165) is 12.3 Å². The van der Waals surface area contributed by atoms with E-state index in [1.165, 1.54) is 15.3 Å². The quantitative estimate of drug-likeness (QED) is 0.848. The highest BCUT2D eigenvalue weighted by molar-refractivity contribution is 7.12. The van der Waals surface area contributed by atoms with Gasteiger partial charge in [0.05, 0.1) is 7.11 Å². The monoisotopic (exact) mass is 303 g/mol. The second kappa shape index (κ2) is 6.63. The highest BCUT2D eigenvalue weighted by Gasteiger charge is 2.16. The number of thiophene rings is 1. The zero-order valence-electron chi connectivity index (χ0n) is 13.6. The van der Waals surface area contributed by atoms with Crippen molar-refractivity contribution in [3.63, 3.8) is 0 Å². The van der Waals surface area contributed by atoms with Gasteiger partial charge >= 0.3 is 0 Å². The maximum atomic E-state index is 5.19. The molecule has 0 bridgehead atoms. The molecular formula is C18H25NOS. The zero-order chi connectivity index (χ0) is 15.5. The minimum atomic E-state index is 0.241. The molecule has 3 heteroatoms. The number of methoxy groups -OCH3 is 1. The molecule has 2 rings (SSSR count). The van der Waals surface area contributed by atoms with E-state index in [1.54, 1.807) is 7.11 Å². The second-order valence-electron chi connectivity index (χ2n) is 6.39. The molecule has 0 unspecified atom stereocenters. The number of ether oxygens (including phenoxy) is 1. The lowest BCUT2D eigenvalue weighted by atomic mass is 9.95. The van der Waals surface area contributed by atoms with Gasteiger partial charge in [0.15, 0.2) is 0 Å². The number of hydrogen-bond donors (Lipinski definition) is 1. The van der Waals surface area contributed by atoms with Crippen molar-refractivity contribution < 1.29 is 4.74 Å². The normalized spacial score (nSPS) is 13.2. The predicted molar refractivity (Wildman–Crippen MR) is 91.3 cm³/mol. The molecule has 0 aliphatic heterocycles. The van der Waals surface area contributed by atoms with Crippen LogP contribution in [0.15, 0.2) is 36.4 Å². The Morgan fingerprint density at radius 1 is 1.10 bits per heavy atom. The average Bonchev–Trinajstić information content (AvgIpc) is 2.94. The average molecular weight is 303 g/mol. The van der Waals surface area contributed by atoms with Gasteiger partial charge in [-0.2, -0.15) is 0 Å². The molecule has 0 aliphatic carbocycles. The fraction of sp³-hybridized carbons (Fsp3) is 0.444. The van der Waals surface area contributed by atoms with E-state index in [9.17, 15) is 0 Å². The maximum Gasteiger partial charge on any atom is 0.118 e. The van der Waals surface area contributed by atoms with Gasteiger partial charge in [-0.05, 0) is 42.2 Å². The molecule has 1 atom stereocenters. The molecule has 21 heavy (non-hydrogen) atoms. The first-order chi connectivity index (χ1) is 9.90. The van der Waals surface area contributed by atoms with E-state index < -0.39 is 0 Å². The van der Waals surface area contributed by atoms with E-state index >= 15 is 0 Å². The van der Waals surface area contributed by atoms with Crippen LogP contribution in [0.5, 0.6) is 5.75 Å². The topological polar surface area (TPSA) is 21.3 Å². The highest BCUT2D eigenvalue weighted by Crippen LogP contribution is 2.29. The molecule has 0 saturated carbocycles. The summed E-state index contributed by atoms with van der Waals surface area (Å²) in [4.78, 5) is 2.83. The molecule has 0 saturated heterocycles. The third-order valence-electron chi connectivity index (χ3n) is 3.60. The maximum absolute atomic E-state index is 5.19. The van der Waals surface area contributed by atoms with Crippen LogP contribution in [0.4, 0.5) is 0 Å². The number of benzene rings is 1. The molecule has 1 aromatic carbocycles. The first-order valence-corrected chi connectivity index (χ1v) is 8.18. The van der Waals surface area contributed by atoms with Gasteiger partial charge in [-0.1, -0.05) is 32.9 Å². The first-order valence-electron chi connectivity index (χ1n) is 7.36. The van der Waals surface area contributed by atoms with Crippen molar-refractivity contribution in [1.82, 2.24) is 5.32 Å². The van der Waals surface area contributed by atoms with Crippen molar-refractivity contribution in [1.29, 1.82) is 0 Å². The molecule has 2 aromatic rings. The van der Waals surface area contributed by atoms with Gasteiger partial charge in [-0.25, -0.2) is 0 Å². The van der Waals surface area contributed by atoms with Gasteiger partial charge in [0, 0.05) is 22.3 Å². The van der Waals surface area contributed by atoms with Crippen LogP contribution in [0, 0.1) is 0 Å². The zero-order valence-corrected chi connectivity index (χ0v) is 14.4. The Morgan fingerprint density at radius 3 is 2.29 bits per heavy atom. The summed E-state index contributed by atoms with van der Waals surface area (Å²) in [5.41, 5.74) is 1.52. The van der Waals surface area contributed by atoms with Crippen molar-refractivity contribution >= 4 is 11.3 Å². The molecule has 0 radical (unpaired) electrons. The Morgan fingerprint density at radius 2 is 1.76 bits per heavy atom. The van der Waals surface area contributed by atoms with Crippen LogP contribution in [-0.2, 0) is 12.0 Å². The summed E-state index contributed by atoms with van der Waals surface area (Å²) < 4.78 is 5.19. The molecule has 0 aliphatic rings. The van der Waals surface area contributed by atoms with Crippen molar-refractivity contribution in [2.45, 2.75) is 45.7 Å². The van der Waals surface area contributed by atoms with E-state index in [-0.39, 0.29) is 5.41 Å². The summed E-state index contributed by atoms with van der Waals surface area (Å²) in [6.45, 7) is 9.89. The van der Waals surface area contributed by atoms with Crippen LogP contribution in [0.1, 0.15) is 49.1 Å². The first kappa shape index (κ1) is 16.1. The van der Waals surface area contributed by atoms with E-state index in [0.29, 0.717) is 6.04 Å². The van der Waals surface area contributed by atoms with Crippen LogP contribution in [0.25, 0.3) is 0 Å². The molecule has 114 valence electrons. The Bertz CT molecular complexity index is 566. The summed E-state index contributed by atoms with van der Waals surface area (Å²) in [5, 5.41) is 3.59. The molecule has 0 spiro atoms. The lowest BCUT2D eigenvalue weighted by Crippen LogP contribution is -2.17. The number of hydrogen-bond acceptors (Lipinski definition) is 3. The third kappa shape index (κ3) is 4.32. The smallest absolute Gasteiger partial charge is 0.118 e. The van der Waals surface area contributed by atoms with Crippen LogP contribution in [0.3, 0.4) is 0 Å². The van der Waals surface area contributed by atoms with Gasteiger partial charge in [-0.3, -0.25) is 0 Å². The van der Waals surface area contributed by atoms with Gasteiger partial charge in [-0.15, -0.1) is 11.3 Å². The van der Waals surface area contributed by atoms with Crippen molar-refractivity contribution in [3.05, 3.63) is 51.7 Å². The van der Waals surface area contributed by atoms with Crippen molar-refractivity contribution in [2.75, 3.05) is 7.11 Å². The van der Waals surface area contributed by atoms with Crippen LogP contribution in [0.2, 0.25) is 0 Å². The SMILES string of the molecule is COc1ccc([C@@H](C)NCc2ccc(C(C)(C)C)s2)cc1. The van der Waals surface area contributed by atoms with Gasteiger partial charge in [0.25, 0.3) is 0 Å². The third-order valence-corrected chi connectivity index (χ3v) is 5.11. The van der Waals surface area contributed by atoms with Crippen LogP contribution < -0.4 is 10.1 Å².